The molecule has 0 N–H and O–H groups in total. The highest BCUT2D eigenvalue weighted by atomic mass is 16.6. The van der Waals surface area contributed by atoms with Crippen LogP contribution in [0.15, 0.2) is 12.2 Å². The van der Waals surface area contributed by atoms with Gasteiger partial charge < -0.3 is 14.2 Å². The highest BCUT2D eigenvalue weighted by molar-refractivity contribution is 5.71. The highest BCUT2D eigenvalue weighted by Crippen LogP contribution is 2.19. The molecule has 0 aliphatic heterocycles. The summed E-state index contributed by atoms with van der Waals surface area (Å²) >= 11 is 0. The fraction of sp³-hybridized carbons (Fsp3) is 0.930. The van der Waals surface area contributed by atoms with Crippen LogP contribution in [0.4, 0.5) is 0 Å². The minimum atomic E-state index is -0.769. The lowest BCUT2D eigenvalue weighted by molar-refractivity contribution is -0.167. The second-order valence-corrected chi connectivity index (χ2v) is 24.2. The van der Waals surface area contributed by atoms with Gasteiger partial charge in [0.25, 0.3) is 0 Å². The summed E-state index contributed by atoms with van der Waals surface area (Å²) in [5.74, 6) is -0.848. The number of rotatable bonds is 66. The Labute approximate surface area is 481 Å². The van der Waals surface area contributed by atoms with Gasteiger partial charge in [0.1, 0.15) is 13.2 Å². The van der Waals surface area contributed by atoms with E-state index in [1.165, 1.54) is 302 Å². The van der Waals surface area contributed by atoms with Crippen LogP contribution in [0.1, 0.15) is 406 Å². The molecule has 77 heavy (non-hydrogen) atoms. The Hall–Kier alpha value is -1.85. The van der Waals surface area contributed by atoms with E-state index < -0.39 is 6.10 Å². The summed E-state index contributed by atoms with van der Waals surface area (Å²) in [6.45, 7) is 6.69. The van der Waals surface area contributed by atoms with Gasteiger partial charge in [-0.05, 0) is 44.9 Å². The zero-order valence-electron chi connectivity index (χ0n) is 52.5. The second-order valence-electron chi connectivity index (χ2n) is 24.2. The van der Waals surface area contributed by atoms with Crippen molar-refractivity contribution < 1.29 is 28.6 Å². The van der Waals surface area contributed by atoms with Crippen molar-refractivity contribution in [2.45, 2.75) is 412 Å². The Morgan fingerprint density at radius 1 is 0.247 bits per heavy atom. The fourth-order valence-corrected chi connectivity index (χ4v) is 11.0. The summed E-state index contributed by atoms with van der Waals surface area (Å²) in [4.78, 5) is 38.2. The molecule has 0 aromatic carbocycles. The van der Waals surface area contributed by atoms with E-state index in [1.807, 2.05) is 0 Å². The molecule has 0 aliphatic carbocycles. The van der Waals surface area contributed by atoms with Crippen molar-refractivity contribution in [1.29, 1.82) is 0 Å². The van der Waals surface area contributed by atoms with E-state index in [4.69, 9.17) is 14.2 Å². The quantitative estimate of drug-likeness (QED) is 0.0261. The zero-order valence-corrected chi connectivity index (χ0v) is 52.5. The van der Waals surface area contributed by atoms with E-state index in [0.717, 1.165) is 64.2 Å². The van der Waals surface area contributed by atoms with Crippen molar-refractivity contribution in [3.63, 3.8) is 0 Å². The number of carbonyl (C=O) groups is 3. The van der Waals surface area contributed by atoms with Crippen LogP contribution in [-0.4, -0.2) is 37.2 Å². The van der Waals surface area contributed by atoms with E-state index in [0.29, 0.717) is 19.3 Å². The van der Waals surface area contributed by atoms with Crippen molar-refractivity contribution in [3.8, 4) is 0 Å². The maximum atomic E-state index is 12.9. The molecule has 0 radical (unpaired) electrons. The highest BCUT2D eigenvalue weighted by Gasteiger charge is 2.19. The van der Waals surface area contributed by atoms with Gasteiger partial charge in [0, 0.05) is 19.3 Å². The van der Waals surface area contributed by atoms with Gasteiger partial charge in [0.15, 0.2) is 6.10 Å². The predicted molar refractivity (Wildman–Crippen MR) is 335 cm³/mol. The lowest BCUT2D eigenvalue weighted by atomic mass is 10.0. The van der Waals surface area contributed by atoms with Crippen LogP contribution in [0.25, 0.3) is 0 Å². The molecule has 6 heteroatoms. The molecule has 1 atom stereocenters. The molecule has 0 spiro atoms. The second kappa shape index (κ2) is 66.7. The van der Waals surface area contributed by atoms with Crippen LogP contribution in [0, 0.1) is 0 Å². The van der Waals surface area contributed by atoms with Crippen LogP contribution in [0.3, 0.4) is 0 Å². The predicted octanol–water partition coefficient (Wildman–Crippen LogP) is 24.0. The number of unbranched alkanes of at least 4 members (excludes halogenated alkanes) is 53. The monoisotopic (exact) mass is 1090 g/mol. The van der Waals surface area contributed by atoms with Crippen molar-refractivity contribution in [2.75, 3.05) is 13.2 Å². The minimum absolute atomic E-state index is 0.0672. The Balaban J connectivity index is 3.98. The number of esters is 3. The topological polar surface area (TPSA) is 78.9 Å². The van der Waals surface area contributed by atoms with Gasteiger partial charge in [0.05, 0.1) is 0 Å². The van der Waals surface area contributed by atoms with Gasteiger partial charge in [0.2, 0.25) is 0 Å². The Bertz CT molecular complexity index is 1200. The molecule has 0 saturated heterocycles. The van der Waals surface area contributed by atoms with E-state index in [9.17, 15) is 14.4 Å². The summed E-state index contributed by atoms with van der Waals surface area (Å²) in [5, 5.41) is 0. The first-order valence-electron chi connectivity index (χ1n) is 35.2. The molecule has 6 nitrogen and oxygen atoms in total. The smallest absolute Gasteiger partial charge is 0.306 e. The van der Waals surface area contributed by atoms with Gasteiger partial charge >= 0.3 is 17.9 Å². The number of carbonyl (C=O) groups excluding carboxylic acids is 3. The van der Waals surface area contributed by atoms with Gasteiger partial charge in [-0.1, -0.05) is 354 Å². The number of hydrogen-bond donors (Lipinski definition) is 0. The molecular formula is C71H136O6. The van der Waals surface area contributed by atoms with Gasteiger partial charge in [-0.15, -0.1) is 0 Å². The maximum absolute atomic E-state index is 12.9. The van der Waals surface area contributed by atoms with Crippen LogP contribution < -0.4 is 0 Å². The van der Waals surface area contributed by atoms with Gasteiger partial charge in [-0.2, -0.15) is 0 Å². The van der Waals surface area contributed by atoms with E-state index in [-0.39, 0.29) is 31.1 Å². The van der Waals surface area contributed by atoms with Gasteiger partial charge in [-0.25, -0.2) is 0 Å². The average Bonchev–Trinajstić information content (AvgIpc) is 3.43. The molecule has 456 valence electrons. The molecular weight excluding hydrogens is 949 g/mol. The molecule has 0 bridgehead atoms. The fourth-order valence-electron chi connectivity index (χ4n) is 11.0. The number of hydrogen-bond acceptors (Lipinski definition) is 6. The normalized spacial score (nSPS) is 12.0. The molecule has 1 unspecified atom stereocenters. The van der Waals surface area contributed by atoms with Crippen molar-refractivity contribution in [2.24, 2.45) is 0 Å². The van der Waals surface area contributed by atoms with Crippen LogP contribution in [0.2, 0.25) is 0 Å². The Morgan fingerprint density at radius 3 is 0.649 bits per heavy atom. The third-order valence-electron chi connectivity index (χ3n) is 16.3. The summed E-state index contributed by atoms with van der Waals surface area (Å²) in [7, 11) is 0. The van der Waals surface area contributed by atoms with Crippen molar-refractivity contribution in [1.82, 2.24) is 0 Å². The largest absolute Gasteiger partial charge is 0.462 e. The maximum Gasteiger partial charge on any atom is 0.306 e. The molecule has 0 amide bonds. The summed E-state index contributed by atoms with van der Waals surface area (Å²) < 4.78 is 16.9. The lowest BCUT2D eigenvalue weighted by Gasteiger charge is -2.18. The van der Waals surface area contributed by atoms with Crippen molar-refractivity contribution in [3.05, 3.63) is 12.2 Å². The first-order valence-corrected chi connectivity index (χ1v) is 35.2. The molecule has 0 aliphatic rings. The van der Waals surface area contributed by atoms with Crippen molar-refractivity contribution >= 4 is 17.9 Å². The first-order chi connectivity index (χ1) is 38.0. The molecule has 0 aromatic rings. The Kier molecular flexibility index (Phi) is 65.1. The average molecular weight is 1090 g/mol. The Morgan fingerprint density at radius 2 is 0.429 bits per heavy atom. The third-order valence-corrected chi connectivity index (χ3v) is 16.3. The minimum Gasteiger partial charge on any atom is -0.462 e. The first kappa shape index (κ1) is 75.2. The SMILES string of the molecule is CCCCCCC/C=C\CCCCCCCC(=O)OC(COC(=O)CCCCCCCCCCCCC)COC(=O)CCCCCCCCCCCCCCCCCCCCCCCCCCCCCCCCCCCC. The van der Waals surface area contributed by atoms with Gasteiger partial charge in [-0.3, -0.25) is 14.4 Å². The number of ether oxygens (including phenoxy) is 3. The standard InChI is InChI=1S/C71H136O6/c1-4-7-10-13-16-19-22-24-26-27-28-29-30-31-32-33-34-35-36-37-38-39-40-41-42-43-44-45-47-49-52-55-58-61-64-70(73)76-67-68(66-75-69(72)63-60-57-54-51-48-21-18-15-12-9-6-3)77-71(74)65-62-59-56-53-50-46-25-23-20-17-14-11-8-5-2/h23,25,68H,4-22,24,26-67H2,1-3H3/b25-23-. The zero-order chi connectivity index (χ0) is 55.7. The molecule has 0 aromatic heterocycles. The molecule has 0 heterocycles. The molecule has 0 fully saturated rings. The van der Waals surface area contributed by atoms with E-state index in [2.05, 4.69) is 32.9 Å². The van der Waals surface area contributed by atoms with Crippen LogP contribution in [-0.2, 0) is 28.6 Å². The number of allylic oxidation sites excluding steroid dienone is 2. The lowest BCUT2D eigenvalue weighted by Crippen LogP contribution is -2.30. The van der Waals surface area contributed by atoms with E-state index >= 15 is 0 Å². The summed E-state index contributed by atoms with van der Waals surface area (Å²) in [6, 6.07) is 0. The van der Waals surface area contributed by atoms with Crippen LogP contribution in [0.5, 0.6) is 0 Å². The molecule has 0 rings (SSSR count). The van der Waals surface area contributed by atoms with E-state index in [1.54, 1.807) is 0 Å². The summed E-state index contributed by atoms with van der Waals surface area (Å²) in [6.07, 6.45) is 79.9. The third kappa shape index (κ3) is 64.9. The molecule has 0 saturated carbocycles. The summed E-state index contributed by atoms with van der Waals surface area (Å²) in [5.41, 5.74) is 0. The van der Waals surface area contributed by atoms with Crippen LogP contribution >= 0.6 is 0 Å².